The van der Waals surface area contributed by atoms with Crippen molar-refractivity contribution in [2.45, 2.75) is 18.9 Å². The van der Waals surface area contributed by atoms with Crippen molar-refractivity contribution in [3.05, 3.63) is 60.7 Å². The summed E-state index contributed by atoms with van der Waals surface area (Å²) in [6.45, 7) is 1.54. The summed E-state index contributed by atoms with van der Waals surface area (Å²) in [5.74, 6) is 0.642. The lowest BCUT2D eigenvalue weighted by atomic mass is 10.2. The average molecular weight is 360 g/mol. The van der Waals surface area contributed by atoms with Crippen LogP contribution >= 0.6 is 0 Å². The Hall–Kier alpha value is -2.05. The van der Waals surface area contributed by atoms with Crippen molar-refractivity contribution in [3.63, 3.8) is 0 Å². The largest absolute Gasteiger partial charge is 0.492 e. The molecule has 5 nitrogen and oxygen atoms in total. The van der Waals surface area contributed by atoms with Gasteiger partial charge >= 0.3 is 0 Å². The van der Waals surface area contributed by atoms with Crippen molar-refractivity contribution in [1.82, 2.24) is 4.72 Å². The molecule has 1 aliphatic heterocycles. The number of para-hydroxylation sites is 2. The number of nitrogens with one attached hydrogen (secondary N) is 1. The third kappa shape index (κ3) is 5.21. The topological polar surface area (TPSA) is 58.6 Å². The maximum atomic E-state index is 12.2. The van der Waals surface area contributed by atoms with Crippen LogP contribution in [0.25, 0.3) is 0 Å². The van der Waals surface area contributed by atoms with Gasteiger partial charge in [0.25, 0.3) is 0 Å². The lowest BCUT2D eigenvalue weighted by Gasteiger charge is -2.27. The molecular weight excluding hydrogens is 336 g/mol. The number of hydrogen-bond donors (Lipinski definition) is 1. The first-order chi connectivity index (χ1) is 12.1. The number of anilines is 1. The van der Waals surface area contributed by atoms with Crippen LogP contribution in [-0.4, -0.2) is 39.9 Å². The molecule has 1 saturated heterocycles. The van der Waals surface area contributed by atoms with Crippen molar-refractivity contribution in [2.75, 3.05) is 30.3 Å². The number of sulfonamides is 1. The summed E-state index contributed by atoms with van der Waals surface area (Å²) in [4.78, 5) is 2.28. The Balaban J connectivity index is 1.48. The molecule has 3 rings (SSSR count). The van der Waals surface area contributed by atoms with E-state index in [1.807, 2.05) is 48.5 Å². The zero-order chi connectivity index (χ0) is 17.5. The molecule has 0 amide bonds. The molecule has 0 unspecified atom stereocenters. The molecule has 0 aliphatic carbocycles. The Kier molecular flexibility index (Phi) is 5.94. The van der Waals surface area contributed by atoms with Crippen LogP contribution < -0.4 is 14.4 Å². The lowest BCUT2D eigenvalue weighted by molar-refractivity contribution is 0.340. The summed E-state index contributed by atoms with van der Waals surface area (Å²) < 4.78 is 32.6. The van der Waals surface area contributed by atoms with Gasteiger partial charge in [-0.2, -0.15) is 0 Å². The van der Waals surface area contributed by atoms with Crippen LogP contribution in [0.3, 0.4) is 0 Å². The van der Waals surface area contributed by atoms with E-state index in [2.05, 4.69) is 21.8 Å². The third-order valence-corrected chi connectivity index (χ3v) is 5.68. The Morgan fingerprint density at radius 1 is 1.04 bits per heavy atom. The average Bonchev–Trinajstić information content (AvgIpc) is 3.10. The van der Waals surface area contributed by atoms with Gasteiger partial charge in [-0.15, -0.1) is 0 Å². The van der Waals surface area contributed by atoms with E-state index >= 15 is 0 Å². The zero-order valence-electron chi connectivity index (χ0n) is 14.2. The summed E-state index contributed by atoms with van der Waals surface area (Å²) in [7, 11) is -3.35. The van der Waals surface area contributed by atoms with Gasteiger partial charge in [-0.25, -0.2) is 13.1 Å². The third-order valence-electron chi connectivity index (χ3n) is 4.37. The van der Waals surface area contributed by atoms with Gasteiger partial charge in [0.05, 0.1) is 5.75 Å². The smallest absolute Gasteiger partial charge is 0.215 e. The molecule has 134 valence electrons. The summed E-state index contributed by atoms with van der Waals surface area (Å²) >= 11 is 0. The highest BCUT2D eigenvalue weighted by molar-refractivity contribution is 7.89. The first-order valence-corrected chi connectivity index (χ1v) is 10.3. The minimum Gasteiger partial charge on any atom is -0.492 e. The van der Waals surface area contributed by atoms with Gasteiger partial charge in [-0.05, 0) is 37.1 Å². The quantitative estimate of drug-likeness (QED) is 0.786. The molecule has 1 atom stereocenters. The highest BCUT2D eigenvalue weighted by atomic mass is 32.2. The highest BCUT2D eigenvalue weighted by Gasteiger charge is 2.26. The molecule has 1 aliphatic rings. The fraction of sp³-hybridized carbons (Fsp3) is 0.368. The normalized spacial score (nSPS) is 17.6. The maximum Gasteiger partial charge on any atom is 0.215 e. The van der Waals surface area contributed by atoms with Crippen LogP contribution in [0.1, 0.15) is 12.8 Å². The van der Waals surface area contributed by atoms with Gasteiger partial charge in [0.1, 0.15) is 12.4 Å². The second kappa shape index (κ2) is 8.36. The van der Waals surface area contributed by atoms with Gasteiger partial charge in [-0.3, -0.25) is 0 Å². The van der Waals surface area contributed by atoms with Crippen LogP contribution in [0.2, 0.25) is 0 Å². The predicted molar refractivity (Wildman–Crippen MR) is 101 cm³/mol. The molecule has 0 bridgehead atoms. The Bertz CT molecular complexity index is 751. The van der Waals surface area contributed by atoms with Crippen LogP contribution in [0.4, 0.5) is 5.69 Å². The Labute approximate surface area is 149 Å². The van der Waals surface area contributed by atoms with E-state index in [0.29, 0.717) is 12.3 Å². The minimum absolute atomic E-state index is 0.0417. The van der Waals surface area contributed by atoms with Gasteiger partial charge in [0, 0.05) is 24.8 Å². The summed E-state index contributed by atoms with van der Waals surface area (Å²) in [6, 6.07) is 19.6. The van der Waals surface area contributed by atoms with Gasteiger partial charge in [0.15, 0.2) is 0 Å². The number of ether oxygens (including phenoxy) is 1. The van der Waals surface area contributed by atoms with E-state index < -0.39 is 10.0 Å². The second-order valence-corrected chi connectivity index (χ2v) is 8.08. The molecule has 6 heteroatoms. The van der Waals surface area contributed by atoms with E-state index in [-0.39, 0.29) is 18.4 Å². The zero-order valence-corrected chi connectivity index (χ0v) is 15.0. The second-order valence-electron chi connectivity index (χ2n) is 6.15. The number of nitrogens with zero attached hydrogens (tertiary/aromatic N) is 1. The molecule has 25 heavy (non-hydrogen) atoms. The van der Waals surface area contributed by atoms with Crippen LogP contribution in [0, 0.1) is 0 Å². The fourth-order valence-corrected chi connectivity index (χ4v) is 3.98. The van der Waals surface area contributed by atoms with E-state index in [0.717, 1.165) is 25.1 Å². The Morgan fingerprint density at radius 3 is 2.44 bits per heavy atom. The molecule has 0 saturated carbocycles. The molecule has 1 heterocycles. The van der Waals surface area contributed by atoms with E-state index in [1.54, 1.807) is 0 Å². The van der Waals surface area contributed by atoms with Crippen molar-refractivity contribution in [1.29, 1.82) is 0 Å². The number of hydrogen-bond acceptors (Lipinski definition) is 4. The highest BCUT2D eigenvalue weighted by Crippen LogP contribution is 2.24. The SMILES string of the molecule is O=S(=O)(CCOc1ccccc1)NC[C@@H]1CCCN1c1ccccc1. The summed E-state index contributed by atoms with van der Waals surface area (Å²) in [6.07, 6.45) is 2.08. The standard InChI is InChI=1S/C19H24N2O3S/c22-25(23,15-14-24-19-11-5-2-6-12-19)20-16-18-10-7-13-21(18)17-8-3-1-4-9-17/h1-6,8-9,11-12,18,20H,7,10,13-16H2/t18-/m0/s1. The van der Waals surface area contributed by atoms with Crippen molar-refractivity contribution < 1.29 is 13.2 Å². The Morgan fingerprint density at radius 2 is 1.72 bits per heavy atom. The summed E-state index contributed by atoms with van der Waals surface area (Å²) in [5, 5.41) is 0. The number of rotatable bonds is 8. The van der Waals surface area contributed by atoms with Crippen molar-refractivity contribution in [3.8, 4) is 5.75 Å². The molecule has 0 radical (unpaired) electrons. The van der Waals surface area contributed by atoms with Crippen LogP contribution in [-0.2, 0) is 10.0 Å². The molecule has 0 aromatic heterocycles. The molecular formula is C19H24N2O3S. The first-order valence-electron chi connectivity index (χ1n) is 8.61. The van der Waals surface area contributed by atoms with Crippen molar-refractivity contribution >= 4 is 15.7 Å². The summed E-state index contributed by atoms with van der Waals surface area (Å²) in [5.41, 5.74) is 1.15. The van der Waals surface area contributed by atoms with Crippen molar-refractivity contribution in [2.24, 2.45) is 0 Å². The minimum atomic E-state index is -3.35. The fourth-order valence-electron chi connectivity index (χ4n) is 3.09. The van der Waals surface area contributed by atoms with Gasteiger partial charge < -0.3 is 9.64 Å². The maximum absolute atomic E-state index is 12.2. The molecule has 1 N–H and O–H groups in total. The molecule has 0 spiro atoms. The number of benzene rings is 2. The monoisotopic (exact) mass is 360 g/mol. The van der Waals surface area contributed by atoms with Crippen LogP contribution in [0.5, 0.6) is 5.75 Å². The van der Waals surface area contributed by atoms with Crippen LogP contribution in [0.15, 0.2) is 60.7 Å². The first kappa shape index (κ1) is 17.8. The van der Waals surface area contributed by atoms with E-state index in [4.69, 9.17) is 4.74 Å². The predicted octanol–water partition coefficient (Wildman–Crippen LogP) is 2.65. The lowest BCUT2D eigenvalue weighted by Crippen LogP contribution is -2.41. The molecule has 2 aromatic rings. The van der Waals surface area contributed by atoms with E-state index in [9.17, 15) is 8.42 Å². The van der Waals surface area contributed by atoms with Gasteiger partial charge in [0.2, 0.25) is 10.0 Å². The van der Waals surface area contributed by atoms with E-state index in [1.165, 1.54) is 0 Å². The molecule has 2 aromatic carbocycles. The van der Waals surface area contributed by atoms with Gasteiger partial charge in [-0.1, -0.05) is 36.4 Å². The molecule has 1 fully saturated rings.